The summed E-state index contributed by atoms with van der Waals surface area (Å²) in [4.78, 5) is 4.36. The van der Waals surface area contributed by atoms with Crippen molar-refractivity contribution in [3.8, 4) is 23.6 Å². The SMILES string of the molecule is C#CCn1c(CC)nc(-c2cccc(Cl)c2F)c1N. The van der Waals surface area contributed by atoms with Gasteiger partial charge in [0.2, 0.25) is 0 Å². The van der Waals surface area contributed by atoms with E-state index in [1.807, 2.05) is 6.92 Å². The largest absolute Gasteiger partial charge is 0.383 e. The molecule has 0 aliphatic carbocycles. The number of hydrogen-bond donors (Lipinski definition) is 1. The molecule has 1 heterocycles. The van der Waals surface area contributed by atoms with E-state index in [2.05, 4.69) is 10.9 Å². The van der Waals surface area contributed by atoms with Gasteiger partial charge >= 0.3 is 0 Å². The number of hydrogen-bond acceptors (Lipinski definition) is 2. The quantitative estimate of drug-likeness (QED) is 0.876. The molecule has 19 heavy (non-hydrogen) atoms. The molecule has 2 aromatic rings. The number of nitrogens with zero attached hydrogens (tertiary/aromatic N) is 2. The van der Waals surface area contributed by atoms with E-state index in [0.717, 1.165) is 5.82 Å². The zero-order chi connectivity index (χ0) is 14.0. The molecule has 0 spiro atoms. The molecule has 0 fully saturated rings. The number of imidazole rings is 1. The summed E-state index contributed by atoms with van der Waals surface area (Å²) < 4.78 is 15.7. The van der Waals surface area contributed by atoms with Gasteiger partial charge in [-0.15, -0.1) is 6.42 Å². The van der Waals surface area contributed by atoms with E-state index >= 15 is 0 Å². The van der Waals surface area contributed by atoms with Crippen LogP contribution in [0.2, 0.25) is 5.02 Å². The number of anilines is 1. The van der Waals surface area contributed by atoms with Crippen molar-refractivity contribution >= 4 is 17.4 Å². The van der Waals surface area contributed by atoms with Crippen molar-refractivity contribution in [2.24, 2.45) is 0 Å². The number of nitrogen functional groups attached to an aromatic ring is 1. The van der Waals surface area contributed by atoms with Crippen LogP contribution in [0.4, 0.5) is 10.2 Å². The van der Waals surface area contributed by atoms with Crippen molar-refractivity contribution in [1.82, 2.24) is 9.55 Å². The molecule has 1 aromatic carbocycles. The Kier molecular flexibility index (Phi) is 3.77. The number of benzene rings is 1. The van der Waals surface area contributed by atoms with Gasteiger partial charge in [0.05, 0.1) is 11.6 Å². The Morgan fingerprint density at radius 1 is 1.53 bits per heavy atom. The lowest BCUT2D eigenvalue weighted by atomic mass is 10.1. The van der Waals surface area contributed by atoms with Crippen LogP contribution in [0.25, 0.3) is 11.3 Å². The molecular formula is C14H13ClFN3. The minimum absolute atomic E-state index is 0.0430. The van der Waals surface area contributed by atoms with Gasteiger partial charge in [-0.3, -0.25) is 0 Å². The average molecular weight is 278 g/mol. The van der Waals surface area contributed by atoms with Crippen LogP contribution < -0.4 is 5.73 Å². The predicted molar refractivity (Wildman–Crippen MR) is 75.3 cm³/mol. The summed E-state index contributed by atoms with van der Waals surface area (Å²) in [5.74, 6) is 3.07. The van der Waals surface area contributed by atoms with Crippen LogP contribution in [0.15, 0.2) is 18.2 Å². The third-order valence-corrected chi connectivity index (χ3v) is 3.15. The molecule has 2 rings (SSSR count). The molecule has 0 aliphatic rings. The molecule has 0 aliphatic heterocycles. The molecule has 1 aromatic heterocycles. The molecule has 0 amide bonds. The van der Waals surface area contributed by atoms with Gasteiger partial charge in [-0.25, -0.2) is 9.37 Å². The normalized spacial score (nSPS) is 10.4. The van der Waals surface area contributed by atoms with Crippen LogP contribution in [-0.2, 0) is 13.0 Å². The van der Waals surface area contributed by atoms with E-state index in [1.165, 1.54) is 6.07 Å². The predicted octanol–water partition coefficient (Wildman–Crippen LogP) is 3.12. The fourth-order valence-corrected chi connectivity index (χ4v) is 2.11. The highest BCUT2D eigenvalue weighted by Gasteiger charge is 2.18. The number of nitrogens with two attached hydrogens (primary N) is 1. The Hall–Kier alpha value is -1.99. The third-order valence-electron chi connectivity index (χ3n) is 2.86. The van der Waals surface area contributed by atoms with Gasteiger partial charge in [-0.1, -0.05) is 30.5 Å². The second kappa shape index (κ2) is 5.33. The summed E-state index contributed by atoms with van der Waals surface area (Å²) in [5, 5.41) is 0.0430. The Morgan fingerprint density at radius 3 is 2.89 bits per heavy atom. The number of aromatic nitrogens is 2. The van der Waals surface area contributed by atoms with Gasteiger partial charge in [0.1, 0.15) is 17.3 Å². The Bertz CT molecular complexity index is 655. The lowest BCUT2D eigenvalue weighted by Gasteiger charge is -2.05. The minimum Gasteiger partial charge on any atom is -0.383 e. The van der Waals surface area contributed by atoms with Crippen LogP contribution in [0.5, 0.6) is 0 Å². The van der Waals surface area contributed by atoms with E-state index in [4.69, 9.17) is 23.8 Å². The monoisotopic (exact) mass is 277 g/mol. The van der Waals surface area contributed by atoms with E-state index < -0.39 is 5.82 Å². The Balaban J connectivity index is 2.64. The van der Waals surface area contributed by atoms with Crippen molar-refractivity contribution in [2.75, 3.05) is 5.73 Å². The number of aryl methyl sites for hydroxylation is 1. The molecule has 0 saturated heterocycles. The van der Waals surface area contributed by atoms with E-state index in [0.29, 0.717) is 24.5 Å². The minimum atomic E-state index is -0.524. The molecule has 2 N–H and O–H groups in total. The number of halogens is 2. The summed E-state index contributed by atoms with van der Waals surface area (Å²) in [6, 6.07) is 4.74. The first-order chi connectivity index (χ1) is 9.10. The van der Waals surface area contributed by atoms with Crippen molar-refractivity contribution in [1.29, 1.82) is 0 Å². The lowest BCUT2D eigenvalue weighted by Crippen LogP contribution is -2.05. The summed E-state index contributed by atoms with van der Waals surface area (Å²) in [5.41, 5.74) is 6.68. The number of terminal acetylenes is 1. The lowest BCUT2D eigenvalue weighted by molar-refractivity contribution is 0.631. The highest BCUT2D eigenvalue weighted by molar-refractivity contribution is 6.31. The first-order valence-electron chi connectivity index (χ1n) is 5.82. The number of rotatable bonds is 3. The molecule has 98 valence electrons. The molecule has 0 saturated carbocycles. The van der Waals surface area contributed by atoms with Crippen molar-refractivity contribution in [3.05, 3.63) is 34.9 Å². The van der Waals surface area contributed by atoms with Crippen molar-refractivity contribution < 1.29 is 4.39 Å². The summed E-state index contributed by atoms with van der Waals surface area (Å²) >= 11 is 5.77. The van der Waals surface area contributed by atoms with E-state index in [-0.39, 0.29) is 10.6 Å². The average Bonchev–Trinajstić information content (AvgIpc) is 2.71. The van der Waals surface area contributed by atoms with Crippen LogP contribution >= 0.6 is 11.6 Å². The fraction of sp³-hybridized carbons (Fsp3) is 0.214. The second-order valence-electron chi connectivity index (χ2n) is 4.01. The Labute approximate surface area is 116 Å². The molecule has 0 bridgehead atoms. The van der Waals surface area contributed by atoms with Crippen LogP contribution in [0.1, 0.15) is 12.7 Å². The van der Waals surface area contributed by atoms with Gasteiger partial charge in [-0.2, -0.15) is 0 Å². The van der Waals surface area contributed by atoms with E-state index in [1.54, 1.807) is 16.7 Å². The van der Waals surface area contributed by atoms with Crippen LogP contribution in [0, 0.1) is 18.2 Å². The summed E-state index contributed by atoms with van der Waals surface area (Å²) in [6.45, 7) is 2.25. The van der Waals surface area contributed by atoms with Gasteiger partial charge in [0.25, 0.3) is 0 Å². The maximum Gasteiger partial charge on any atom is 0.151 e. The van der Waals surface area contributed by atoms with E-state index in [9.17, 15) is 4.39 Å². The van der Waals surface area contributed by atoms with Gasteiger partial charge < -0.3 is 10.3 Å². The maximum atomic E-state index is 14.0. The second-order valence-corrected chi connectivity index (χ2v) is 4.41. The zero-order valence-electron chi connectivity index (χ0n) is 10.5. The van der Waals surface area contributed by atoms with Crippen LogP contribution in [-0.4, -0.2) is 9.55 Å². The zero-order valence-corrected chi connectivity index (χ0v) is 11.2. The first-order valence-corrected chi connectivity index (χ1v) is 6.20. The molecule has 5 heteroatoms. The van der Waals surface area contributed by atoms with Crippen LogP contribution in [0.3, 0.4) is 0 Å². The molecule has 0 atom stereocenters. The highest BCUT2D eigenvalue weighted by atomic mass is 35.5. The van der Waals surface area contributed by atoms with Gasteiger partial charge in [-0.05, 0) is 12.1 Å². The standard InChI is InChI=1S/C14H13ClFN3/c1-3-8-19-11(4-2)18-13(14(19)17)9-6-5-7-10(15)12(9)16/h1,5-7H,4,8,17H2,2H3. The Morgan fingerprint density at radius 2 is 2.26 bits per heavy atom. The van der Waals surface area contributed by atoms with Crippen molar-refractivity contribution in [3.63, 3.8) is 0 Å². The van der Waals surface area contributed by atoms with Gasteiger partial charge in [0, 0.05) is 12.0 Å². The van der Waals surface area contributed by atoms with Gasteiger partial charge in [0.15, 0.2) is 5.82 Å². The first kappa shape index (κ1) is 13.4. The molecular weight excluding hydrogens is 265 g/mol. The topological polar surface area (TPSA) is 43.8 Å². The summed E-state index contributed by atoms with van der Waals surface area (Å²) in [6.07, 6.45) is 5.97. The molecule has 3 nitrogen and oxygen atoms in total. The smallest absolute Gasteiger partial charge is 0.151 e. The highest BCUT2D eigenvalue weighted by Crippen LogP contribution is 2.31. The van der Waals surface area contributed by atoms with Crippen molar-refractivity contribution in [2.45, 2.75) is 19.9 Å². The fourth-order valence-electron chi connectivity index (χ4n) is 1.94. The summed E-state index contributed by atoms with van der Waals surface area (Å²) in [7, 11) is 0. The maximum absolute atomic E-state index is 14.0. The molecule has 0 radical (unpaired) electrons. The third kappa shape index (κ3) is 2.29. The molecule has 0 unspecified atom stereocenters.